The summed E-state index contributed by atoms with van der Waals surface area (Å²) in [6.45, 7) is 1.94. The molecule has 2 aromatic rings. The zero-order chi connectivity index (χ0) is 13.1. The van der Waals surface area contributed by atoms with Gasteiger partial charge in [-0.05, 0) is 13.0 Å². The minimum atomic E-state index is -0.391. The van der Waals surface area contributed by atoms with Crippen LogP contribution in [0.5, 0.6) is 5.75 Å². The average molecular weight is 266 g/mol. The van der Waals surface area contributed by atoms with E-state index >= 15 is 0 Å². The van der Waals surface area contributed by atoms with Crippen LogP contribution in [-0.4, -0.2) is 12.1 Å². The molecule has 0 saturated carbocycles. The topological polar surface area (TPSA) is 48.1 Å². The van der Waals surface area contributed by atoms with Crippen LogP contribution in [0.3, 0.4) is 0 Å². The maximum absolute atomic E-state index is 13.8. The molecule has 2 rings (SSSR count). The Morgan fingerprint density at radius 1 is 1.50 bits per heavy atom. The number of ether oxygens (including phenoxy) is 1. The lowest BCUT2D eigenvalue weighted by atomic mass is 10.0. The van der Waals surface area contributed by atoms with Crippen molar-refractivity contribution in [3.05, 3.63) is 45.7 Å². The van der Waals surface area contributed by atoms with E-state index in [1.165, 1.54) is 13.2 Å². The molecule has 1 unspecified atom stereocenters. The molecular formula is C13H15FN2OS. The quantitative estimate of drug-likeness (QED) is 0.925. The Morgan fingerprint density at radius 3 is 2.83 bits per heavy atom. The summed E-state index contributed by atoms with van der Waals surface area (Å²) >= 11 is 1.57. The third-order valence-electron chi connectivity index (χ3n) is 2.70. The number of nitrogens with two attached hydrogens (primary N) is 1. The molecule has 0 aliphatic heterocycles. The van der Waals surface area contributed by atoms with Gasteiger partial charge in [-0.15, -0.1) is 11.3 Å². The average Bonchev–Trinajstić information content (AvgIpc) is 2.74. The molecule has 0 radical (unpaired) electrons. The van der Waals surface area contributed by atoms with Crippen molar-refractivity contribution < 1.29 is 9.13 Å². The van der Waals surface area contributed by atoms with Crippen LogP contribution < -0.4 is 10.5 Å². The summed E-state index contributed by atoms with van der Waals surface area (Å²) in [6.07, 6.45) is 0.535. The highest BCUT2D eigenvalue weighted by Gasteiger charge is 2.14. The molecule has 0 aliphatic carbocycles. The van der Waals surface area contributed by atoms with Gasteiger partial charge < -0.3 is 10.5 Å². The lowest BCUT2D eigenvalue weighted by Gasteiger charge is -2.12. The molecule has 5 heteroatoms. The van der Waals surface area contributed by atoms with E-state index in [9.17, 15) is 4.39 Å². The molecule has 1 aromatic carbocycles. The first-order valence-electron chi connectivity index (χ1n) is 5.60. The summed E-state index contributed by atoms with van der Waals surface area (Å²) in [5.41, 5.74) is 7.40. The first-order valence-corrected chi connectivity index (χ1v) is 6.48. The van der Waals surface area contributed by atoms with Crippen LogP contribution in [-0.2, 0) is 6.42 Å². The standard InChI is InChI=1S/C13H15FN2OS/c1-8-16-9(7-18-8)5-13(15)11-4-3-10(17-2)6-12(11)14/h3-4,6-7,13H,5,15H2,1-2H3. The molecule has 0 spiro atoms. The van der Waals surface area contributed by atoms with Gasteiger partial charge in [0.15, 0.2) is 0 Å². The van der Waals surface area contributed by atoms with Crippen molar-refractivity contribution in [2.45, 2.75) is 19.4 Å². The monoisotopic (exact) mass is 266 g/mol. The van der Waals surface area contributed by atoms with Crippen LogP contribution in [0.15, 0.2) is 23.6 Å². The molecule has 0 bridgehead atoms. The Hall–Kier alpha value is -1.46. The molecule has 2 N–H and O–H groups in total. The lowest BCUT2D eigenvalue weighted by molar-refractivity contribution is 0.410. The molecule has 96 valence electrons. The molecular weight excluding hydrogens is 251 g/mol. The highest BCUT2D eigenvalue weighted by Crippen LogP contribution is 2.23. The van der Waals surface area contributed by atoms with Crippen molar-refractivity contribution >= 4 is 11.3 Å². The Morgan fingerprint density at radius 2 is 2.28 bits per heavy atom. The Kier molecular flexibility index (Phi) is 3.93. The van der Waals surface area contributed by atoms with Gasteiger partial charge in [-0.2, -0.15) is 0 Å². The summed E-state index contributed by atoms with van der Waals surface area (Å²) in [5, 5.41) is 2.95. The van der Waals surface area contributed by atoms with E-state index in [4.69, 9.17) is 10.5 Å². The minimum absolute atomic E-state index is 0.339. The Labute approximate surface area is 109 Å². The first-order chi connectivity index (χ1) is 8.60. The fraction of sp³-hybridized carbons (Fsp3) is 0.308. The number of halogens is 1. The summed E-state index contributed by atoms with van der Waals surface area (Å²) in [7, 11) is 1.51. The number of hydrogen-bond donors (Lipinski definition) is 1. The summed E-state index contributed by atoms with van der Waals surface area (Å²) in [5.74, 6) is 0.154. The van der Waals surface area contributed by atoms with Crippen LogP contribution in [0.1, 0.15) is 22.3 Å². The number of benzene rings is 1. The Balaban J connectivity index is 2.15. The maximum atomic E-state index is 13.8. The molecule has 1 atom stereocenters. The Bertz CT molecular complexity index is 542. The van der Waals surface area contributed by atoms with Crippen molar-refractivity contribution in [2.75, 3.05) is 7.11 Å². The molecule has 0 aliphatic rings. The van der Waals surface area contributed by atoms with E-state index in [-0.39, 0.29) is 5.82 Å². The van der Waals surface area contributed by atoms with Crippen molar-refractivity contribution in [1.82, 2.24) is 4.98 Å². The predicted octanol–water partition coefficient (Wildman–Crippen LogP) is 2.84. The van der Waals surface area contributed by atoms with E-state index in [0.717, 1.165) is 10.7 Å². The number of methoxy groups -OCH3 is 1. The molecule has 3 nitrogen and oxygen atoms in total. The third kappa shape index (κ3) is 2.86. The fourth-order valence-corrected chi connectivity index (χ4v) is 2.40. The second kappa shape index (κ2) is 5.46. The molecule has 18 heavy (non-hydrogen) atoms. The van der Waals surface area contributed by atoms with Gasteiger partial charge in [-0.1, -0.05) is 6.07 Å². The van der Waals surface area contributed by atoms with Gasteiger partial charge in [-0.25, -0.2) is 9.37 Å². The summed E-state index contributed by atoms with van der Waals surface area (Å²) < 4.78 is 18.8. The van der Waals surface area contributed by atoms with Gasteiger partial charge in [0.05, 0.1) is 17.8 Å². The lowest BCUT2D eigenvalue weighted by Crippen LogP contribution is -2.15. The number of nitrogens with zero attached hydrogens (tertiary/aromatic N) is 1. The molecule has 1 aromatic heterocycles. The number of aromatic nitrogens is 1. The van der Waals surface area contributed by atoms with Gasteiger partial charge in [0, 0.05) is 29.5 Å². The molecule has 1 heterocycles. The number of thiazole rings is 1. The van der Waals surface area contributed by atoms with E-state index < -0.39 is 6.04 Å². The van der Waals surface area contributed by atoms with Crippen molar-refractivity contribution in [3.8, 4) is 5.75 Å². The maximum Gasteiger partial charge on any atom is 0.131 e. The number of hydrogen-bond acceptors (Lipinski definition) is 4. The zero-order valence-corrected chi connectivity index (χ0v) is 11.1. The van der Waals surface area contributed by atoms with Crippen LogP contribution in [0.2, 0.25) is 0 Å². The van der Waals surface area contributed by atoms with E-state index in [1.54, 1.807) is 23.5 Å². The van der Waals surface area contributed by atoms with Crippen LogP contribution in [0.4, 0.5) is 4.39 Å². The van der Waals surface area contributed by atoms with Crippen molar-refractivity contribution in [1.29, 1.82) is 0 Å². The minimum Gasteiger partial charge on any atom is -0.497 e. The summed E-state index contributed by atoms with van der Waals surface area (Å²) in [6, 6.07) is 4.34. The normalized spacial score (nSPS) is 12.4. The van der Waals surface area contributed by atoms with Crippen LogP contribution in [0, 0.1) is 12.7 Å². The van der Waals surface area contributed by atoms with Gasteiger partial charge >= 0.3 is 0 Å². The number of rotatable bonds is 4. The van der Waals surface area contributed by atoms with Gasteiger partial charge in [0.1, 0.15) is 11.6 Å². The second-order valence-electron chi connectivity index (χ2n) is 4.06. The predicted molar refractivity (Wildman–Crippen MR) is 70.4 cm³/mol. The van der Waals surface area contributed by atoms with Crippen molar-refractivity contribution in [3.63, 3.8) is 0 Å². The third-order valence-corrected chi connectivity index (χ3v) is 3.53. The van der Waals surface area contributed by atoms with E-state index in [0.29, 0.717) is 17.7 Å². The van der Waals surface area contributed by atoms with Gasteiger partial charge in [0.25, 0.3) is 0 Å². The highest BCUT2D eigenvalue weighted by molar-refractivity contribution is 7.09. The van der Waals surface area contributed by atoms with E-state index in [1.807, 2.05) is 12.3 Å². The number of aryl methyl sites for hydroxylation is 1. The summed E-state index contributed by atoms with van der Waals surface area (Å²) in [4.78, 5) is 4.33. The van der Waals surface area contributed by atoms with Gasteiger partial charge in [0.2, 0.25) is 0 Å². The molecule has 0 fully saturated rings. The molecule has 0 amide bonds. The van der Waals surface area contributed by atoms with Gasteiger partial charge in [-0.3, -0.25) is 0 Å². The smallest absolute Gasteiger partial charge is 0.131 e. The molecule has 0 saturated heterocycles. The fourth-order valence-electron chi connectivity index (χ4n) is 1.77. The van der Waals surface area contributed by atoms with Crippen molar-refractivity contribution in [2.24, 2.45) is 5.73 Å². The SMILES string of the molecule is COc1ccc(C(N)Cc2csc(C)n2)c(F)c1. The van der Waals surface area contributed by atoms with Crippen LogP contribution >= 0.6 is 11.3 Å². The zero-order valence-electron chi connectivity index (χ0n) is 10.3. The van der Waals surface area contributed by atoms with Crippen LogP contribution in [0.25, 0.3) is 0 Å². The van der Waals surface area contributed by atoms with E-state index in [2.05, 4.69) is 4.98 Å². The first kappa shape index (κ1) is 13.0. The highest BCUT2D eigenvalue weighted by atomic mass is 32.1. The second-order valence-corrected chi connectivity index (χ2v) is 5.12. The largest absolute Gasteiger partial charge is 0.497 e.